The fourth-order valence-electron chi connectivity index (χ4n) is 12.8. The Hall–Kier alpha value is -8.80. The standard InChI is InChI=1S/C65H54Br2ClF3N14O4/c1-35-22-49-55(32-80(35)61(86)43-14-20-52(66)51(27-43)65(69,70)71)85-60(82(63(49)88)47-16-10-41(11-17-47)57-75-37(3)76-77-57)46(30-74-85)26-39-8-5-9-40(24-39)31-79-34-72-78-58(79)42-12-18-48(19-13-42)83-59-45(25-38-6-4-7-38)29-73-84(59)56-33-81(36(2)23-50(56)64(83)89)62(87)44-15-21-53(67)54(68)28-44/h5,8-21,24,27-30,34-36,38H,4,6-7,22-23,25-26,31-33H2,1-3H3,(H,75,76,77)/t35-,36-/m0/s1. The van der Waals surface area contributed by atoms with Crippen LogP contribution in [0.2, 0.25) is 5.02 Å². The van der Waals surface area contributed by atoms with E-state index in [0.29, 0.717) is 109 Å². The number of rotatable bonds is 12. The van der Waals surface area contributed by atoms with Crippen LogP contribution in [-0.4, -0.2) is 92.0 Å². The molecule has 0 radical (unpaired) electrons. The molecule has 11 aromatic rings. The van der Waals surface area contributed by atoms with Gasteiger partial charge in [-0.05, 0) is 158 Å². The van der Waals surface area contributed by atoms with Gasteiger partial charge in [0.25, 0.3) is 22.9 Å². The van der Waals surface area contributed by atoms with E-state index in [0.717, 1.165) is 53.1 Å². The van der Waals surface area contributed by atoms with Crippen LogP contribution in [0.25, 0.3) is 45.4 Å². The van der Waals surface area contributed by atoms with Crippen LogP contribution in [-0.2, 0) is 51.5 Å². The summed E-state index contributed by atoms with van der Waals surface area (Å²) in [5.41, 5.74) is 8.53. The van der Waals surface area contributed by atoms with E-state index < -0.39 is 23.7 Å². The Balaban J connectivity index is 0.768. The first-order chi connectivity index (χ1) is 42.8. The molecule has 0 bridgehead atoms. The average Bonchev–Trinajstić information content (AvgIpc) is 2.13. The van der Waals surface area contributed by atoms with Crippen molar-refractivity contribution < 1.29 is 22.8 Å². The number of benzene rings is 5. The smallest absolute Gasteiger partial charge is 0.330 e. The number of halogens is 6. The van der Waals surface area contributed by atoms with Crippen LogP contribution in [0.15, 0.2) is 146 Å². The molecule has 2 amide bonds. The molecule has 1 saturated carbocycles. The van der Waals surface area contributed by atoms with Gasteiger partial charge in [-0.25, -0.2) is 9.03 Å². The number of nitrogens with one attached hydrogen (secondary N) is 1. The number of aromatic amines is 1. The summed E-state index contributed by atoms with van der Waals surface area (Å²) in [5, 5.41) is 27.5. The third-order valence-corrected chi connectivity index (χ3v) is 19.5. The van der Waals surface area contributed by atoms with E-state index in [1.807, 2.05) is 95.9 Å². The van der Waals surface area contributed by atoms with Gasteiger partial charge in [0, 0.05) is 72.0 Å². The number of nitrogens with zero attached hydrogens (tertiary/aromatic N) is 13. The van der Waals surface area contributed by atoms with E-state index in [1.165, 1.54) is 23.5 Å². The highest BCUT2D eigenvalue weighted by molar-refractivity contribution is 9.10. The number of aryl methyl sites for hydroxylation is 1. The maximum absolute atomic E-state index is 15.1. The Morgan fingerprint density at radius 3 is 1.83 bits per heavy atom. The summed E-state index contributed by atoms with van der Waals surface area (Å²) in [6, 6.07) is 30.9. The van der Waals surface area contributed by atoms with Crippen LogP contribution in [0.3, 0.4) is 0 Å². The number of hydrogen-bond donors (Lipinski definition) is 1. The first-order valence-electron chi connectivity index (χ1n) is 29.1. The lowest BCUT2D eigenvalue weighted by Crippen LogP contribution is -2.46. The molecule has 2 atom stereocenters. The molecule has 1 fully saturated rings. The second-order valence-electron chi connectivity index (χ2n) is 23.4. The molecule has 14 rings (SSSR count). The number of H-pyrrole nitrogens is 1. The number of aromatic nitrogens is 12. The minimum atomic E-state index is -4.70. The van der Waals surface area contributed by atoms with Crippen molar-refractivity contribution in [1.82, 2.24) is 68.1 Å². The molecule has 6 aromatic heterocycles. The van der Waals surface area contributed by atoms with Gasteiger partial charge in [0.15, 0.2) is 11.6 Å². The topological polar surface area (TPSA) is 191 Å². The highest BCUT2D eigenvalue weighted by Gasteiger charge is 2.38. The lowest BCUT2D eigenvalue weighted by molar-refractivity contribution is -0.138. The molecule has 0 saturated heterocycles. The second-order valence-corrected chi connectivity index (χ2v) is 25.5. The van der Waals surface area contributed by atoms with E-state index in [4.69, 9.17) is 21.8 Å². The van der Waals surface area contributed by atoms with Crippen molar-refractivity contribution in [3.8, 4) is 34.2 Å². The normalized spacial score (nSPS) is 16.1. The molecular weight excluding hydrogens is 1290 g/mol. The van der Waals surface area contributed by atoms with Crippen LogP contribution in [0.1, 0.15) is 110 Å². The maximum atomic E-state index is 15.1. The van der Waals surface area contributed by atoms with E-state index in [9.17, 15) is 22.8 Å². The Kier molecular flexibility index (Phi) is 14.7. The first-order valence-corrected chi connectivity index (χ1v) is 31.1. The molecule has 89 heavy (non-hydrogen) atoms. The van der Waals surface area contributed by atoms with Gasteiger partial charge in [-0.1, -0.05) is 71.1 Å². The SMILES string of the molecule is Cc1nnc(-c2ccc(-n3c(=O)c4c(n5ncc(Cc6cccc(Cn7cnnc7-c7ccc(-n8c(=O)c9c(n%10ncc(CC%11CCC%11)c8%10)CN(C(=O)c8ccc(Br)c(Cl)c8)[C@@H](C)C9)cc7)c6)c35)CN(C(=O)c3ccc(Br)c(C(F)(F)F)c3)[C@@H](C)C4)cc2)[nH]1. The van der Waals surface area contributed by atoms with Crippen molar-refractivity contribution in [1.29, 1.82) is 0 Å². The van der Waals surface area contributed by atoms with E-state index in [2.05, 4.69) is 63.3 Å². The number of alkyl halides is 3. The van der Waals surface area contributed by atoms with E-state index in [-0.39, 0.29) is 52.6 Å². The third kappa shape index (κ3) is 10.5. The highest BCUT2D eigenvalue weighted by Crippen LogP contribution is 2.38. The van der Waals surface area contributed by atoms with Gasteiger partial charge in [0.1, 0.15) is 23.4 Å². The number of amides is 2. The molecular formula is C65H54Br2ClF3N14O4. The molecule has 3 aliphatic rings. The fraction of sp³-hybridized carbons (Fsp3) is 0.262. The van der Waals surface area contributed by atoms with E-state index in [1.54, 1.807) is 56.2 Å². The molecule has 0 unspecified atom stereocenters. The lowest BCUT2D eigenvalue weighted by Gasteiger charge is -2.35. The van der Waals surface area contributed by atoms with Crippen molar-refractivity contribution in [3.05, 3.63) is 230 Å². The van der Waals surface area contributed by atoms with Gasteiger partial charge in [-0.2, -0.15) is 23.4 Å². The summed E-state index contributed by atoms with van der Waals surface area (Å²) >= 11 is 12.8. The van der Waals surface area contributed by atoms with Gasteiger partial charge < -0.3 is 19.4 Å². The van der Waals surface area contributed by atoms with E-state index >= 15 is 9.59 Å². The molecule has 1 N–H and O–H groups in total. The van der Waals surface area contributed by atoms with Crippen LogP contribution in [0.5, 0.6) is 0 Å². The highest BCUT2D eigenvalue weighted by atomic mass is 79.9. The fourth-order valence-corrected chi connectivity index (χ4v) is 13.7. The number of hydrogen-bond acceptors (Lipinski definition) is 10. The maximum Gasteiger partial charge on any atom is 0.417 e. The van der Waals surface area contributed by atoms with Crippen LogP contribution < -0.4 is 11.1 Å². The summed E-state index contributed by atoms with van der Waals surface area (Å²) in [4.78, 5) is 64.9. The number of fused-ring (bicyclic) bond motifs is 6. The molecule has 18 nitrogen and oxygen atoms in total. The minimum absolute atomic E-state index is 0.0832. The van der Waals surface area contributed by atoms with Crippen molar-refractivity contribution in [2.45, 2.75) is 104 Å². The Labute approximate surface area is 527 Å². The Morgan fingerprint density at radius 2 is 1.26 bits per heavy atom. The molecule has 450 valence electrons. The van der Waals surface area contributed by atoms with Crippen molar-refractivity contribution in [3.63, 3.8) is 0 Å². The molecule has 0 spiro atoms. The molecule has 1 aliphatic carbocycles. The Morgan fingerprint density at radius 1 is 0.685 bits per heavy atom. The largest absolute Gasteiger partial charge is 0.417 e. The van der Waals surface area contributed by atoms with Gasteiger partial charge in [-0.15, -0.1) is 20.4 Å². The second kappa shape index (κ2) is 22.7. The molecule has 2 aliphatic heterocycles. The predicted molar refractivity (Wildman–Crippen MR) is 334 cm³/mol. The molecule has 24 heteroatoms. The monoisotopic (exact) mass is 1340 g/mol. The summed E-state index contributed by atoms with van der Waals surface area (Å²) in [5.74, 6) is 1.53. The summed E-state index contributed by atoms with van der Waals surface area (Å²) in [7, 11) is 0. The van der Waals surface area contributed by atoms with Crippen molar-refractivity contribution in [2.75, 3.05) is 0 Å². The van der Waals surface area contributed by atoms with Gasteiger partial charge in [-0.3, -0.25) is 28.3 Å². The van der Waals surface area contributed by atoms with Gasteiger partial charge >= 0.3 is 6.18 Å². The zero-order chi connectivity index (χ0) is 61.7. The average molecular weight is 1350 g/mol. The molecule has 8 heterocycles. The van der Waals surface area contributed by atoms with Crippen molar-refractivity contribution >= 4 is 66.6 Å². The summed E-state index contributed by atoms with van der Waals surface area (Å²) in [6.45, 7) is 6.05. The quantitative estimate of drug-likeness (QED) is 0.123. The predicted octanol–water partition coefficient (Wildman–Crippen LogP) is 12.0. The summed E-state index contributed by atoms with van der Waals surface area (Å²) < 4.78 is 51.6. The van der Waals surface area contributed by atoms with Gasteiger partial charge in [0.2, 0.25) is 0 Å². The van der Waals surface area contributed by atoms with Crippen LogP contribution in [0.4, 0.5) is 13.2 Å². The zero-order valence-corrected chi connectivity index (χ0v) is 52.1. The molecule has 5 aromatic carbocycles. The third-order valence-electron chi connectivity index (χ3n) is 17.6. The first kappa shape index (κ1) is 57.9. The van der Waals surface area contributed by atoms with Crippen LogP contribution >= 0.6 is 43.5 Å². The van der Waals surface area contributed by atoms with Crippen LogP contribution in [0, 0.1) is 12.8 Å². The number of carbonyl (C=O) groups is 2. The minimum Gasteiger partial charge on any atom is -0.330 e. The van der Waals surface area contributed by atoms with Crippen molar-refractivity contribution in [2.24, 2.45) is 5.92 Å². The zero-order valence-electron chi connectivity index (χ0n) is 48.1. The lowest BCUT2D eigenvalue weighted by atomic mass is 9.81. The van der Waals surface area contributed by atoms with Gasteiger partial charge in [0.05, 0.1) is 65.4 Å². The summed E-state index contributed by atoms with van der Waals surface area (Å²) in [6.07, 6.45) is 5.53. The number of carbonyl (C=O) groups excluding carboxylic acids is 2. The Bertz CT molecular complexity index is 4800.